The Kier molecular flexibility index (Phi) is 5.33. The highest BCUT2D eigenvalue weighted by molar-refractivity contribution is 5.84. The van der Waals surface area contributed by atoms with Gasteiger partial charge in [0.05, 0.1) is 12.2 Å². The fourth-order valence-corrected chi connectivity index (χ4v) is 2.56. The summed E-state index contributed by atoms with van der Waals surface area (Å²) >= 11 is 0. The second-order valence-corrected chi connectivity index (χ2v) is 5.43. The summed E-state index contributed by atoms with van der Waals surface area (Å²) in [5.41, 5.74) is 0.573. The maximum atomic E-state index is 11.9. The number of carboxylic acid groups (broad SMARTS) is 1. The van der Waals surface area contributed by atoms with Gasteiger partial charge >= 0.3 is 5.97 Å². The summed E-state index contributed by atoms with van der Waals surface area (Å²) < 4.78 is 5.65. The van der Waals surface area contributed by atoms with E-state index in [4.69, 9.17) is 4.74 Å². The molecule has 0 spiro atoms. The first-order chi connectivity index (χ1) is 10.1. The molecular weight excluding hydrogens is 270 g/mol. The summed E-state index contributed by atoms with van der Waals surface area (Å²) in [4.78, 5) is 23.2. The minimum atomic E-state index is -1.06. The summed E-state index contributed by atoms with van der Waals surface area (Å²) in [5, 5.41) is 11.8. The van der Waals surface area contributed by atoms with E-state index in [-0.39, 0.29) is 24.5 Å². The van der Waals surface area contributed by atoms with Gasteiger partial charge in [-0.25, -0.2) is 4.79 Å². The lowest BCUT2D eigenvalue weighted by atomic mass is 10.1. The van der Waals surface area contributed by atoms with E-state index in [0.717, 1.165) is 12.8 Å². The third-order valence-corrected chi connectivity index (χ3v) is 3.70. The first-order valence-corrected chi connectivity index (χ1v) is 7.29. The highest BCUT2D eigenvalue weighted by Crippen LogP contribution is 2.22. The first-order valence-electron chi connectivity index (χ1n) is 7.29. The Morgan fingerprint density at radius 1 is 1.33 bits per heavy atom. The third kappa shape index (κ3) is 4.56. The van der Waals surface area contributed by atoms with Gasteiger partial charge in [-0.3, -0.25) is 4.79 Å². The maximum absolute atomic E-state index is 11.9. The van der Waals surface area contributed by atoms with Crippen molar-refractivity contribution in [3.05, 3.63) is 35.9 Å². The zero-order valence-corrected chi connectivity index (χ0v) is 12.1. The van der Waals surface area contributed by atoms with Crippen LogP contribution in [0.3, 0.4) is 0 Å². The van der Waals surface area contributed by atoms with Gasteiger partial charge in [-0.2, -0.15) is 0 Å². The highest BCUT2D eigenvalue weighted by atomic mass is 16.5. The van der Waals surface area contributed by atoms with Gasteiger partial charge in [0.2, 0.25) is 5.91 Å². The smallest absolute Gasteiger partial charge is 0.330 e. The summed E-state index contributed by atoms with van der Waals surface area (Å²) in [6, 6.07) is 7.71. The summed E-state index contributed by atoms with van der Waals surface area (Å²) in [6.07, 6.45) is 3.29. The van der Waals surface area contributed by atoms with Crippen LogP contribution in [0.15, 0.2) is 30.3 Å². The normalized spacial score (nSPS) is 22.7. The number of benzene rings is 1. The molecule has 3 atom stereocenters. The fraction of sp³-hybridized carbons (Fsp3) is 0.500. The zero-order chi connectivity index (χ0) is 15.2. The summed E-state index contributed by atoms with van der Waals surface area (Å²) in [7, 11) is 0. The number of hydrogen-bond donors (Lipinski definition) is 2. The molecule has 2 rings (SSSR count). The molecule has 1 aromatic rings. The zero-order valence-electron chi connectivity index (χ0n) is 12.1. The minimum Gasteiger partial charge on any atom is -0.479 e. The standard InChI is InChI=1S/C16H21NO4/c1-11-7-8-13(21-11)9-10-14(18)17-15(16(19)20)12-5-3-2-4-6-12/h2-6,11,13,15H,7-10H2,1H3,(H,17,18)(H,19,20)/t11-,13+,15+/m1/s1. The molecule has 1 aliphatic rings. The first kappa shape index (κ1) is 15.5. The number of rotatable bonds is 6. The van der Waals surface area contributed by atoms with Crippen LogP contribution >= 0.6 is 0 Å². The molecule has 5 nitrogen and oxygen atoms in total. The Morgan fingerprint density at radius 3 is 2.62 bits per heavy atom. The Balaban J connectivity index is 1.86. The molecule has 1 aromatic carbocycles. The van der Waals surface area contributed by atoms with Gasteiger partial charge in [-0.1, -0.05) is 30.3 Å². The number of hydrogen-bond acceptors (Lipinski definition) is 3. The Hall–Kier alpha value is -1.88. The van der Waals surface area contributed by atoms with E-state index < -0.39 is 12.0 Å². The van der Waals surface area contributed by atoms with Crippen LogP contribution in [-0.2, 0) is 14.3 Å². The predicted molar refractivity (Wildman–Crippen MR) is 77.8 cm³/mol. The van der Waals surface area contributed by atoms with Crippen LogP contribution in [0.1, 0.15) is 44.2 Å². The molecule has 1 aliphatic heterocycles. The van der Waals surface area contributed by atoms with Crippen LogP contribution in [0.4, 0.5) is 0 Å². The molecule has 21 heavy (non-hydrogen) atoms. The Labute approximate surface area is 124 Å². The van der Waals surface area contributed by atoms with Crippen LogP contribution in [0, 0.1) is 0 Å². The molecule has 1 amide bonds. The molecule has 2 N–H and O–H groups in total. The number of carbonyl (C=O) groups excluding carboxylic acids is 1. The second-order valence-electron chi connectivity index (χ2n) is 5.43. The molecule has 0 unspecified atom stereocenters. The minimum absolute atomic E-state index is 0.116. The van der Waals surface area contributed by atoms with Crippen LogP contribution in [-0.4, -0.2) is 29.2 Å². The topological polar surface area (TPSA) is 75.6 Å². The van der Waals surface area contributed by atoms with Gasteiger partial charge in [0.1, 0.15) is 0 Å². The molecule has 1 fully saturated rings. The fourth-order valence-electron chi connectivity index (χ4n) is 2.56. The van der Waals surface area contributed by atoms with Gasteiger partial charge in [0.25, 0.3) is 0 Å². The molecule has 0 saturated carbocycles. The number of ether oxygens (including phenoxy) is 1. The van der Waals surface area contributed by atoms with Crippen molar-refractivity contribution in [1.82, 2.24) is 5.32 Å². The number of carbonyl (C=O) groups is 2. The quantitative estimate of drug-likeness (QED) is 0.843. The SMILES string of the molecule is C[C@@H]1CC[C@@H](CCC(=O)N[C@H](C(=O)O)c2ccccc2)O1. The van der Waals surface area contributed by atoms with Crippen molar-refractivity contribution in [1.29, 1.82) is 0 Å². The lowest BCUT2D eigenvalue weighted by Gasteiger charge is -2.16. The average molecular weight is 291 g/mol. The van der Waals surface area contributed by atoms with Gasteiger partial charge in [-0.05, 0) is 31.7 Å². The number of nitrogens with one attached hydrogen (secondary N) is 1. The monoisotopic (exact) mass is 291 g/mol. The number of carboxylic acids is 1. The van der Waals surface area contributed by atoms with Crippen LogP contribution in [0.25, 0.3) is 0 Å². The van der Waals surface area contributed by atoms with Crippen molar-refractivity contribution in [2.75, 3.05) is 0 Å². The van der Waals surface area contributed by atoms with Crippen LogP contribution in [0.5, 0.6) is 0 Å². The van der Waals surface area contributed by atoms with Crippen molar-refractivity contribution in [3.8, 4) is 0 Å². The number of amides is 1. The molecule has 5 heteroatoms. The second kappa shape index (κ2) is 7.22. The molecule has 0 radical (unpaired) electrons. The Morgan fingerprint density at radius 2 is 2.05 bits per heavy atom. The van der Waals surface area contributed by atoms with E-state index in [2.05, 4.69) is 5.32 Å². The molecule has 1 heterocycles. The van der Waals surface area contributed by atoms with Crippen molar-refractivity contribution >= 4 is 11.9 Å². The maximum Gasteiger partial charge on any atom is 0.330 e. The number of aliphatic carboxylic acids is 1. The van der Waals surface area contributed by atoms with Crippen molar-refractivity contribution in [3.63, 3.8) is 0 Å². The van der Waals surface area contributed by atoms with E-state index in [1.54, 1.807) is 24.3 Å². The van der Waals surface area contributed by atoms with E-state index in [0.29, 0.717) is 12.0 Å². The van der Waals surface area contributed by atoms with E-state index in [1.807, 2.05) is 13.0 Å². The van der Waals surface area contributed by atoms with Crippen molar-refractivity contribution in [2.45, 2.75) is 50.9 Å². The molecule has 0 aromatic heterocycles. The van der Waals surface area contributed by atoms with Crippen LogP contribution < -0.4 is 5.32 Å². The lowest BCUT2D eigenvalue weighted by molar-refractivity contribution is -0.142. The van der Waals surface area contributed by atoms with Gasteiger partial charge in [0, 0.05) is 6.42 Å². The third-order valence-electron chi connectivity index (χ3n) is 3.70. The van der Waals surface area contributed by atoms with Crippen molar-refractivity contribution < 1.29 is 19.4 Å². The molecule has 114 valence electrons. The summed E-state index contributed by atoms with van der Waals surface area (Å²) in [6.45, 7) is 2.02. The largest absolute Gasteiger partial charge is 0.479 e. The van der Waals surface area contributed by atoms with Crippen molar-refractivity contribution in [2.24, 2.45) is 0 Å². The van der Waals surface area contributed by atoms with Gasteiger partial charge in [0.15, 0.2) is 6.04 Å². The lowest BCUT2D eigenvalue weighted by Crippen LogP contribution is -2.34. The van der Waals surface area contributed by atoms with E-state index >= 15 is 0 Å². The average Bonchev–Trinajstić information content (AvgIpc) is 2.89. The van der Waals surface area contributed by atoms with Crippen LogP contribution in [0.2, 0.25) is 0 Å². The Bertz CT molecular complexity index is 488. The van der Waals surface area contributed by atoms with Gasteiger partial charge < -0.3 is 15.2 Å². The molecular formula is C16H21NO4. The highest BCUT2D eigenvalue weighted by Gasteiger charge is 2.25. The van der Waals surface area contributed by atoms with E-state index in [1.165, 1.54) is 0 Å². The molecule has 1 saturated heterocycles. The van der Waals surface area contributed by atoms with E-state index in [9.17, 15) is 14.7 Å². The predicted octanol–water partition coefficient (Wildman–Crippen LogP) is 2.28. The molecule has 0 aliphatic carbocycles. The van der Waals surface area contributed by atoms with Gasteiger partial charge in [-0.15, -0.1) is 0 Å². The molecule has 0 bridgehead atoms. The summed E-state index contributed by atoms with van der Waals surface area (Å²) in [5.74, 6) is -1.31.